The van der Waals surface area contributed by atoms with Crippen molar-refractivity contribution in [2.24, 2.45) is 0 Å². The van der Waals surface area contributed by atoms with Crippen LogP contribution in [0.5, 0.6) is 0 Å². The Morgan fingerprint density at radius 1 is 1.38 bits per heavy atom. The summed E-state index contributed by atoms with van der Waals surface area (Å²) < 4.78 is 37.5. The molecule has 0 amide bonds. The molecule has 0 unspecified atom stereocenters. The second kappa shape index (κ2) is 3.51. The third-order valence-electron chi connectivity index (χ3n) is 2.00. The van der Waals surface area contributed by atoms with Crippen LogP contribution in [0, 0.1) is 0 Å². The van der Waals surface area contributed by atoms with Gasteiger partial charge < -0.3 is 17.5 Å². The Bertz CT molecular complexity index is 641. The van der Waals surface area contributed by atoms with E-state index < -0.39 is 24.7 Å². The van der Waals surface area contributed by atoms with E-state index in [9.17, 15) is 22.5 Å². The van der Waals surface area contributed by atoms with E-state index in [-0.39, 0.29) is 10.2 Å². The van der Waals surface area contributed by atoms with Crippen molar-refractivity contribution < 1.29 is 12.9 Å². The van der Waals surface area contributed by atoms with Crippen molar-refractivity contribution in [3.8, 4) is 0 Å². The number of hydrogen-bond donors (Lipinski definition) is 1. The summed E-state index contributed by atoms with van der Waals surface area (Å²) in [5, 5.41) is 1.47. The SMILES string of the molecule is O=c1[nH]c(=O)n(C[B-](F)(F)F)c2ccsc12. The number of aromatic amines is 1. The monoisotopic (exact) mass is 249 g/mol. The summed E-state index contributed by atoms with van der Waals surface area (Å²) in [6, 6.07) is 1.33. The third-order valence-corrected chi connectivity index (χ3v) is 2.90. The van der Waals surface area contributed by atoms with Crippen molar-refractivity contribution in [3.63, 3.8) is 0 Å². The molecule has 0 aliphatic heterocycles. The van der Waals surface area contributed by atoms with Gasteiger partial charge in [-0.2, -0.15) is 0 Å². The second-order valence-corrected chi connectivity index (χ2v) is 4.13. The summed E-state index contributed by atoms with van der Waals surface area (Å²) in [5.41, 5.74) is -1.66. The molecule has 2 heterocycles. The van der Waals surface area contributed by atoms with Crippen LogP contribution in [0.25, 0.3) is 10.2 Å². The fourth-order valence-electron chi connectivity index (χ4n) is 1.40. The van der Waals surface area contributed by atoms with E-state index in [1.807, 2.05) is 4.98 Å². The van der Waals surface area contributed by atoms with E-state index in [1.54, 1.807) is 0 Å². The topological polar surface area (TPSA) is 54.9 Å². The number of thiophene rings is 1. The largest absolute Gasteiger partial charge is 0.497 e. The molecule has 0 saturated heterocycles. The smallest absolute Gasteiger partial charge is 0.448 e. The minimum Gasteiger partial charge on any atom is -0.448 e. The van der Waals surface area contributed by atoms with Crippen LogP contribution in [0.3, 0.4) is 0 Å². The minimum atomic E-state index is -5.13. The minimum absolute atomic E-state index is 0.0259. The number of fused-ring (bicyclic) bond motifs is 1. The van der Waals surface area contributed by atoms with Crippen molar-refractivity contribution in [2.75, 3.05) is 0 Å². The summed E-state index contributed by atoms with van der Waals surface area (Å²) in [7, 11) is 0. The maximum atomic E-state index is 12.3. The van der Waals surface area contributed by atoms with E-state index in [2.05, 4.69) is 0 Å². The molecule has 0 aromatic carbocycles. The van der Waals surface area contributed by atoms with Crippen molar-refractivity contribution in [1.29, 1.82) is 0 Å². The van der Waals surface area contributed by atoms with Gasteiger partial charge >= 0.3 is 12.7 Å². The lowest BCUT2D eigenvalue weighted by Gasteiger charge is -2.15. The van der Waals surface area contributed by atoms with Crippen LogP contribution in [0.2, 0.25) is 0 Å². The van der Waals surface area contributed by atoms with Gasteiger partial charge in [0.25, 0.3) is 5.56 Å². The predicted molar refractivity (Wildman–Crippen MR) is 55.8 cm³/mol. The van der Waals surface area contributed by atoms with Crippen molar-refractivity contribution in [1.82, 2.24) is 9.55 Å². The van der Waals surface area contributed by atoms with Crippen LogP contribution in [0.4, 0.5) is 12.9 Å². The lowest BCUT2D eigenvalue weighted by atomic mass is 9.92. The highest BCUT2D eigenvalue weighted by molar-refractivity contribution is 7.17. The Kier molecular flexibility index (Phi) is 2.41. The zero-order chi connectivity index (χ0) is 11.9. The van der Waals surface area contributed by atoms with E-state index >= 15 is 0 Å². The molecule has 0 saturated carbocycles. The molecule has 4 nitrogen and oxygen atoms in total. The Labute approximate surface area is 90.4 Å². The summed E-state index contributed by atoms with van der Waals surface area (Å²) in [4.78, 5) is 24.4. The van der Waals surface area contributed by atoms with E-state index in [1.165, 1.54) is 11.4 Å². The molecular weight excluding hydrogens is 244 g/mol. The Hall–Kier alpha value is -1.51. The van der Waals surface area contributed by atoms with Crippen LogP contribution in [-0.2, 0) is 6.44 Å². The third kappa shape index (κ3) is 1.90. The highest BCUT2D eigenvalue weighted by Gasteiger charge is 2.25. The first-order valence-corrected chi connectivity index (χ1v) is 5.18. The number of nitrogens with one attached hydrogen (secondary N) is 1. The predicted octanol–water partition coefficient (Wildman–Crippen LogP) is 1.14. The van der Waals surface area contributed by atoms with Gasteiger partial charge in [-0.15, -0.1) is 11.3 Å². The molecule has 16 heavy (non-hydrogen) atoms. The van der Waals surface area contributed by atoms with Gasteiger partial charge in [-0.1, -0.05) is 0 Å². The molecule has 0 bridgehead atoms. The van der Waals surface area contributed by atoms with E-state index in [0.717, 1.165) is 11.3 Å². The normalized spacial score (nSPS) is 12.2. The van der Waals surface area contributed by atoms with Gasteiger partial charge in [-0.25, -0.2) is 4.79 Å². The molecule has 2 aromatic heterocycles. The van der Waals surface area contributed by atoms with E-state index in [4.69, 9.17) is 0 Å². The molecule has 0 radical (unpaired) electrons. The van der Waals surface area contributed by atoms with Gasteiger partial charge in [0.2, 0.25) is 0 Å². The van der Waals surface area contributed by atoms with Crippen molar-refractivity contribution in [2.45, 2.75) is 6.44 Å². The first-order chi connectivity index (χ1) is 7.38. The lowest BCUT2D eigenvalue weighted by Crippen LogP contribution is -2.36. The van der Waals surface area contributed by atoms with Crippen molar-refractivity contribution >= 4 is 28.5 Å². The maximum absolute atomic E-state index is 12.3. The van der Waals surface area contributed by atoms with Gasteiger partial charge in [0.05, 0.1) is 5.52 Å². The summed E-state index contributed by atoms with van der Waals surface area (Å²) in [5.74, 6) is 0. The van der Waals surface area contributed by atoms with Crippen LogP contribution in [0.1, 0.15) is 0 Å². The average molecular weight is 249 g/mol. The number of nitrogens with zero attached hydrogens (tertiary/aromatic N) is 1. The van der Waals surface area contributed by atoms with Gasteiger partial charge in [0.1, 0.15) is 4.70 Å². The number of H-pyrrole nitrogens is 1. The Balaban J connectivity index is 2.74. The Morgan fingerprint density at radius 3 is 2.69 bits per heavy atom. The fraction of sp³-hybridized carbons (Fsp3) is 0.143. The quantitative estimate of drug-likeness (QED) is 0.811. The fourth-order valence-corrected chi connectivity index (χ4v) is 2.19. The maximum Gasteiger partial charge on any atom is 0.497 e. The molecule has 0 aliphatic rings. The molecule has 0 fully saturated rings. The highest BCUT2D eigenvalue weighted by atomic mass is 32.1. The molecule has 0 spiro atoms. The number of hydrogen-bond acceptors (Lipinski definition) is 3. The highest BCUT2D eigenvalue weighted by Crippen LogP contribution is 2.17. The summed E-state index contributed by atoms with van der Waals surface area (Å²) >= 11 is 0.999. The van der Waals surface area contributed by atoms with Gasteiger partial charge in [0, 0.05) is 0 Å². The Morgan fingerprint density at radius 2 is 2.06 bits per heavy atom. The average Bonchev–Trinajstić information content (AvgIpc) is 2.59. The zero-order valence-corrected chi connectivity index (χ0v) is 8.56. The number of aromatic nitrogens is 2. The first kappa shape index (κ1) is 11.0. The first-order valence-electron chi connectivity index (χ1n) is 4.30. The standard InChI is InChI=1S/C7H5BF3N2O2S/c9-8(10,11)3-13-4-1-2-16-5(4)6(14)12-7(13)15/h1-2H,3H2,(H,12,14,15)/q-1. The second-order valence-electron chi connectivity index (χ2n) is 3.22. The molecule has 86 valence electrons. The summed E-state index contributed by atoms with van der Waals surface area (Å²) in [6.45, 7) is -5.13. The lowest BCUT2D eigenvalue weighted by molar-refractivity contribution is 0.444. The molecule has 1 N–H and O–H groups in total. The zero-order valence-electron chi connectivity index (χ0n) is 7.75. The van der Waals surface area contributed by atoms with E-state index in [0.29, 0.717) is 4.57 Å². The van der Waals surface area contributed by atoms with Crippen molar-refractivity contribution in [3.05, 3.63) is 32.3 Å². The number of halogens is 3. The van der Waals surface area contributed by atoms with Gasteiger partial charge in [-0.3, -0.25) is 9.78 Å². The molecular formula is C7H5BF3N2O2S-. The van der Waals surface area contributed by atoms with Crippen LogP contribution in [-0.4, -0.2) is 16.5 Å². The molecule has 0 atom stereocenters. The summed E-state index contributed by atoms with van der Waals surface area (Å²) in [6.07, 6.45) is -1.34. The molecule has 2 rings (SSSR count). The molecule has 9 heteroatoms. The van der Waals surface area contributed by atoms with Gasteiger partial charge in [0.15, 0.2) is 0 Å². The van der Waals surface area contributed by atoms with Crippen LogP contribution >= 0.6 is 11.3 Å². The van der Waals surface area contributed by atoms with Gasteiger partial charge in [-0.05, 0) is 17.9 Å². The van der Waals surface area contributed by atoms with Crippen LogP contribution in [0.15, 0.2) is 21.0 Å². The molecule has 0 aliphatic carbocycles. The molecule has 2 aromatic rings. The van der Waals surface area contributed by atoms with Crippen LogP contribution < -0.4 is 11.2 Å². The number of rotatable bonds is 2.